The Balaban J connectivity index is 1.38. The average molecular weight is 441 g/mol. The Bertz CT molecular complexity index is 1360. The summed E-state index contributed by atoms with van der Waals surface area (Å²) in [4.78, 5) is 19.1. The molecule has 7 nitrogen and oxygen atoms in total. The van der Waals surface area contributed by atoms with Crippen LogP contribution in [0.3, 0.4) is 0 Å². The molecule has 168 valence electrons. The minimum absolute atomic E-state index is 0.236. The van der Waals surface area contributed by atoms with E-state index in [0.29, 0.717) is 12.6 Å². The van der Waals surface area contributed by atoms with E-state index in [9.17, 15) is 0 Å². The van der Waals surface area contributed by atoms with E-state index in [2.05, 4.69) is 64.0 Å². The maximum atomic E-state index is 6.14. The van der Waals surface area contributed by atoms with E-state index < -0.39 is 0 Å². The standard InChI is InChI=1S/C26H28N6O/c1-26(2)8-7-20-19(13-26)24(31-25(27)30-20)32-9-10-33-23-6-4-16(11-18(23)14-32)17-3-5-21-22(12-17)29-15-28-21/h3-6,11-12,15H,7-10,13-14H2,1-2H3,(H,28,29)(H2,27,30,31). The van der Waals surface area contributed by atoms with Crippen LogP contribution in [0.4, 0.5) is 11.8 Å². The molecule has 2 aromatic heterocycles. The fraction of sp³-hybridized carbons (Fsp3) is 0.346. The van der Waals surface area contributed by atoms with Gasteiger partial charge in [0.2, 0.25) is 5.95 Å². The van der Waals surface area contributed by atoms with Gasteiger partial charge in [-0.25, -0.2) is 9.97 Å². The predicted octanol–water partition coefficient (Wildman–Crippen LogP) is 4.52. The lowest BCUT2D eigenvalue weighted by Gasteiger charge is -2.34. The second kappa shape index (κ2) is 7.47. The van der Waals surface area contributed by atoms with Crippen molar-refractivity contribution in [3.63, 3.8) is 0 Å². The number of anilines is 2. The number of aryl methyl sites for hydroxylation is 1. The molecule has 33 heavy (non-hydrogen) atoms. The van der Waals surface area contributed by atoms with Crippen molar-refractivity contribution in [1.82, 2.24) is 19.9 Å². The van der Waals surface area contributed by atoms with Gasteiger partial charge >= 0.3 is 0 Å². The van der Waals surface area contributed by atoms with Gasteiger partial charge in [-0.3, -0.25) is 0 Å². The van der Waals surface area contributed by atoms with Crippen LogP contribution in [-0.4, -0.2) is 33.1 Å². The van der Waals surface area contributed by atoms with Crippen molar-refractivity contribution in [2.24, 2.45) is 5.41 Å². The second-order valence-corrected chi connectivity index (χ2v) is 9.90. The number of rotatable bonds is 2. The molecule has 0 bridgehead atoms. The molecular formula is C26H28N6O. The fourth-order valence-electron chi connectivity index (χ4n) is 5.08. The molecule has 7 heteroatoms. The molecule has 1 aliphatic heterocycles. The Morgan fingerprint density at radius 3 is 2.85 bits per heavy atom. The van der Waals surface area contributed by atoms with E-state index in [1.807, 2.05) is 6.07 Å². The number of nitrogens with one attached hydrogen (secondary N) is 1. The molecule has 2 aromatic carbocycles. The fourth-order valence-corrected chi connectivity index (χ4v) is 5.08. The number of imidazole rings is 1. The maximum Gasteiger partial charge on any atom is 0.222 e. The lowest BCUT2D eigenvalue weighted by atomic mass is 9.76. The molecule has 4 aromatic rings. The average Bonchev–Trinajstić information content (AvgIpc) is 3.16. The van der Waals surface area contributed by atoms with Crippen LogP contribution in [0.1, 0.15) is 37.1 Å². The summed E-state index contributed by atoms with van der Waals surface area (Å²) in [5.41, 5.74) is 14.2. The number of benzene rings is 2. The summed E-state index contributed by atoms with van der Waals surface area (Å²) < 4.78 is 6.13. The van der Waals surface area contributed by atoms with Gasteiger partial charge in [-0.05, 0) is 60.1 Å². The second-order valence-electron chi connectivity index (χ2n) is 9.90. The molecule has 6 rings (SSSR count). The maximum absolute atomic E-state index is 6.14. The molecular weight excluding hydrogens is 412 g/mol. The highest BCUT2D eigenvalue weighted by Gasteiger charge is 2.31. The number of hydrogen-bond donors (Lipinski definition) is 2. The van der Waals surface area contributed by atoms with Gasteiger partial charge in [0.25, 0.3) is 0 Å². The first kappa shape index (κ1) is 20.0. The van der Waals surface area contributed by atoms with Crippen LogP contribution in [0.15, 0.2) is 42.7 Å². The number of hydrogen-bond acceptors (Lipinski definition) is 6. The monoisotopic (exact) mass is 440 g/mol. The summed E-state index contributed by atoms with van der Waals surface area (Å²) in [6, 6.07) is 12.7. The Morgan fingerprint density at radius 1 is 1.09 bits per heavy atom. The third-order valence-electron chi connectivity index (χ3n) is 6.88. The van der Waals surface area contributed by atoms with Gasteiger partial charge in [0.15, 0.2) is 0 Å². The smallest absolute Gasteiger partial charge is 0.222 e. The quantitative estimate of drug-likeness (QED) is 0.476. The van der Waals surface area contributed by atoms with E-state index in [0.717, 1.165) is 77.3 Å². The number of nitrogens with two attached hydrogens (primary N) is 1. The van der Waals surface area contributed by atoms with Crippen LogP contribution in [0.25, 0.3) is 22.2 Å². The Labute approximate surface area is 193 Å². The molecule has 0 spiro atoms. The first-order valence-electron chi connectivity index (χ1n) is 11.5. The van der Waals surface area contributed by atoms with Crippen molar-refractivity contribution < 1.29 is 4.74 Å². The van der Waals surface area contributed by atoms with E-state index in [1.165, 1.54) is 5.56 Å². The Kier molecular flexibility index (Phi) is 4.54. The van der Waals surface area contributed by atoms with Crippen molar-refractivity contribution in [1.29, 1.82) is 0 Å². The van der Waals surface area contributed by atoms with Gasteiger partial charge in [0.05, 0.1) is 29.6 Å². The molecule has 0 fully saturated rings. The predicted molar refractivity (Wildman–Crippen MR) is 130 cm³/mol. The highest BCUT2D eigenvalue weighted by molar-refractivity contribution is 5.81. The van der Waals surface area contributed by atoms with E-state index in [1.54, 1.807) is 6.33 Å². The third kappa shape index (κ3) is 3.67. The SMILES string of the molecule is CC1(C)CCc2nc(N)nc(N3CCOc4ccc(-c5ccc6nc[nH]c6c5)cc4C3)c2C1. The summed E-state index contributed by atoms with van der Waals surface area (Å²) in [5, 5.41) is 0. The van der Waals surface area contributed by atoms with Crippen LogP contribution < -0.4 is 15.4 Å². The Hall–Kier alpha value is -3.61. The molecule has 0 unspecified atom stereocenters. The first-order chi connectivity index (χ1) is 15.9. The summed E-state index contributed by atoms with van der Waals surface area (Å²) in [7, 11) is 0. The topological polar surface area (TPSA) is 92.9 Å². The van der Waals surface area contributed by atoms with Crippen molar-refractivity contribution >= 4 is 22.8 Å². The van der Waals surface area contributed by atoms with Crippen molar-refractivity contribution in [3.05, 3.63) is 59.5 Å². The van der Waals surface area contributed by atoms with Gasteiger partial charge in [-0.15, -0.1) is 0 Å². The van der Waals surface area contributed by atoms with Crippen LogP contribution in [0.2, 0.25) is 0 Å². The summed E-state index contributed by atoms with van der Waals surface area (Å²) in [5.74, 6) is 2.25. The zero-order valence-electron chi connectivity index (χ0n) is 19.1. The van der Waals surface area contributed by atoms with Gasteiger partial charge in [-0.1, -0.05) is 26.0 Å². The zero-order valence-corrected chi connectivity index (χ0v) is 19.1. The zero-order chi connectivity index (χ0) is 22.6. The molecule has 3 heterocycles. The van der Waals surface area contributed by atoms with E-state index in [4.69, 9.17) is 15.5 Å². The van der Waals surface area contributed by atoms with Crippen LogP contribution >= 0.6 is 0 Å². The van der Waals surface area contributed by atoms with E-state index >= 15 is 0 Å². The lowest BCUT2D eigenvalue weighted by molar-refractivity contribution is 0.311. The third-order valence-corrected chi connectivity index (χ3v) is 6.88. The number of fused-ring (bicyclic) bond motifs is 3. The molecule has 0 saturated heterocycles. The normalized spacial score (nSPS) is 17.2. The van der Waals surface area contributed by atoms with Crippen LogP contribution in [-0.2, 0) is 19.4 Å². The Morgan fingerprint density at radius 2 is 1.94 bits per heavy atom. The van der Waals surface area contributed by atoms with Crippen molar-refractivity contribution in [2.45, 2.75) is 39.7 Å². The van der Waals surface area contributed by atoms with Gasteiger partial charge in [-0.2, -0.15) is 4.98 Å². The summed E-state index contributed by atoms with van der Waals surface area (Å²) in [6.45, 7) is 6.72. The summed E-state index contributed by atoms with van der Waals surface area (Å²) >= 11 is 0. The molecule has 0 atom stereocenters. The number of aromatic amines is 1. The summed E-state index contributed by atoms with van der Waals surface area (Å²) in [6.07, 6.45) is 4.76. The number of H-pyrrole nitrogens is 1. The molecule has 3 N–H and O–H groups in total. The van der Waals surface area contributed by atoms with E-state index in [-0.39, 0.29) is 5.41 Å². The molecule has 0 saturated carbocycles. The largest absolute Gasteiger partial charge is 0.491 e. The lowest BCUT2D eigenvalue weighted by Crippen LogP contribution is -2.31. The van der Waals surface area contributed by atoms with Gasteiger partial charge < -0.3 is 20.4 Å². The highest BCUT2D eigenvalue weighted by Crippen LogP contribution is 2.39. The van der Waals surface area contributed by atoms with Gasteiger partial charge in [0.1, 0.15) is 18.2 Å². The molecule has 0 amide bonds. The minimum atomic E-state index is 0.236. The number of aromatic nitrogens is 4. The van der Waals surface area contributed by atoms with Gasteiger partial charge in [0, 0.05) is 17.7 Å². The van der Waals surface area contributed by atoms with Crippen LogP contribution in [0.5, 0.6) is 5.75 Å². The number of ether oxygens (including phenoxy) is 1. The number of nitrogens with zero attached hydrogens (tertiary/aromatic N) is 4. The number of nitrogen functional groups attached to an aromatic ring is 1. The highest BCUT2D eigenvalue weighted by atomic mass is 16.5. The minimum Gasteiger partial charge on any atom is -0.491 e. The molecule has 1 aliphatic carbocycles. The first-order valence-corrected chi connectivity index (χ1v) is 11.5. The van der Waals surface area contributed by atoms with Crippen molar-refractivity contribution in [3.8, 4) is 16.9 Å². The van der Waals surface area contributed by atoms with Crippen LogP contribution in [0, 0.1) is 5.41 Å². The molecule has 2 aliphatic rings. The molecule has 0 radical (unpaired) electrons. The van der Waals surface area contributed by atoms with Crippen molar-refractivity contribution in [2.75, 3.05) is 23.8 Å².